The predicted molar refractivity (Wildman–Crippen MR) is 52.4 cm³/mol. The number of hydrogen-bond acceptors (Lipinski definition) is 4. The number of rotatable bonds is 2. The lowest BCUT2D eigenvalue weighted by Crippen LogP contribution is -1.98. The molecule has 0 unspecified atom stereocenters. The fraction of sp³-hybridized carbons (Fsp3) is 0.200. The molecule has 2 rings (SSSR count). The Balaban J connectivity index is 2.41. The monoisotopic (exact) mass is 189 g/mol. The van der Waals surface area contributed by atoms with E-state index in [1.165, 1.54) is 0 Å². The quantitative estimate of drug-likeness (QED) is 0.777. The summed E-state index contributed by atoms with van der Waals surface area (Å²) in [6.45, 7) is 2.25. The van der Waals surface area contributed by atoms with Gasteiger partial charge in [-0.15, -0.1) is 0 Å². The van der Waals surface area contributed by atoms with E-state index < -0.39 is 0 Å². The van der Waals surface area contributed by atoms with Crippen molar-refractivity contribution in [1.29, 1.82) is 0 Å². The van der Waals surface area contributed by atoms with E-state index in [-0.39, 0.29) is 0 Å². The summed E-state index contributed by atoms with van der Waals surface area (Å²) >= 11 is 0. The van der Waals surface area contributed by atoms with Gasteiger partial charge >= 0.3 is 0 Å². The molecule has 0 saturated carbocycles. The van der Waals surface area contributed by atoms with Gasteiger partial charge in [-0.05, 0) is 12.1 Å². The van der Waals surface area contributed by atoms with Crippen molar-refractivity contribution in [2.45, 2.75) is 13.5 Å². The first-order valence-electron chi connectivity index (χ1n) is 4.37. The van der Waals surface area contributed by atoms with Gasteiger partial charge in [0.15, 0.2) is 11.7 Å². The van der Waals surface area contributed by atoms with Crippen molar-refractivity contribution in [2.75, 3.05) is 0 Å². The summed E-state index contributed by atoms with van der Waals surface area (Å²) < 4.78 is 5.39. The summed E-state index contributed by atoms with van der Waals surface area (Å²) in [5, 5.41) is 0. The minimum atomic E-state index is 0.432. The van der Waals surface area contributed by atoms with E-state index in [0.717, 1.165) is 17.0 Å². The Morgan fingerprint density at radius 2 is 2.29 bits per heavy atom. The number of nitrogens with zero attached hydrogens (tertiary/aromatic N) is 2. The zero-order valence-electron chi connectivity index (χ0n) is 7.90. The molecule has 2 heterocycles. The van der Waals surface area contributed by atoms with Crippen LogP contribution < -0.4 is 5.73 Å². The predicted octanol–water partition coefficient (Wildman–Crippen LogP) is 1.50. The van der Waals surface area contributed by atoms with Crippen LogP contribution in [0, 0.1) is 6.92 Å². The summed E-state index contributed by atoms with van der Waals surface area (Å²) in [6.07, 6.45) is 3.42. The molecule has 2 aromatic heterocycles. The summed E-state index contributed by atoms with van der Waals surface area (Å²) in [4.78, 5) is 8.13. The number of hydrogen-bond donors (Lipinski definition) is 1. The molecule has 4 heteroatoms. The minimum Gasteiger partial charge on any atom is -0.441 e. The molecule has 72 valence electrons. The highest BCUT2D eigenvalue weighted by Gasteiger charge is 2.03. The molecule has 0 atom stereocenters. The first-order valence-corrected chi connectivity index (χ1v) is 4.37. The molecule has 4 nitrogen and oxygen atoms in total. The van der Waals surface area contributed by atoms with E-state index in [1.54, 1.807) is 12.4 Å². The van der Waals surface area contributed by atoms with Crippen LogP contribution in [0.1, 0.15) is 11.6 Å². The Bertz CT molecular complexity index is 436. The lowest BCUT2D eigenvalue weighted by Gasteiger charge is -1.98. The van der Waals surface area contributed by atoms with E-state index in [1.807, 2.05) is 19.1 Å². The minimum absolute atomic E-state index is 0.432. The molecule has 0 amide bonds. The third kappa shape index (κ3) is 1.65. The van der Waals surface area contributed by atoms with Crippen molar-refractivity contribution >= 4 is 0 Å². The Labute approximate surface area is 81.8 Å². The van der Waals surface area contributed by atoms with Crippen LogP contribution in [0.3, 0.4) is 0 Å². The van der Waals surface area contributed by atoms with Crippen LogP contribution in [-0.4, -0.2) is 9.97 Å². The maximum Gasteiger partial charge on any atom is 0.191 e. The highest BCUT2D eigenvalue weighted by Crippen LogP contribution is 2.19. The van der Waals surface area contributed by atoms with Gasteiger partial charge in [0.1, 0.15) is 0 Å². The Morgan fingerprint density at radius 3 is 2.93 bits per heavy atom. The second-order valence-electron chi connectivity index (χ2n) is 2.98. The number of aryl methyl sites for hydroxylation is 1. The van der Waals surface area contributed by atoms with E-state index in [9.17, 15) is 0 Å². The second kappa shape index (κ2) is 3.59. The van der Waals surface area contributed by atoms with Crippen LogP contribution in [0.2, 0.25) is 0 Å². The molecule has 0 aliphatic heterocycles. The lowest BCUT2D eigenvalue weighted by molar-refractivity contribution is 0.534. The average Bonchev–Trinajstić information content (AvgIpc) is 2.65. The highest BCUT2D eigenvalue weighted by atomic mass is 16.4. The van der Waals surface area contributed by atoms with Crippen molar-refractivity contribution < 1.29 is 4.42 Å². The molecule has 0 bridgehead atoms. The van der Waals surface area contributed by atoms with Gasteiger partial charge < -0.3 is 10.2 Å². The maximum absolute atomic E-state index is 5.49. The van der Waals surface area contributed by atoms with Gasteiger partial charge in [-0.2, -0.15) is 0 Å². The Kier molecular flexibility index (Phi) is 2.28. The Morgan fingerprint density at radius 1 is 1.43 bits per heavy atom. The van der Waals surface area contributed by atoms with E-state index in [0.29, 0.717) is 12.4 Å². The molecule has 0 aliphatic carbocycles. The third-order valence-corrected chi connectivity index (χ3v) is 1.93. The molecule has 0 fully saturated rings. The molecule has 0 spiro atoms. The van der Waals surface area contributed by atoms with E-state index in [4.69, 9.17) is 10.2 Å². The number of pyridine rings is 1. The van der Waals surface area contributed by atoms with Crippen molar-refractivity contribution in [2.24, 2.45) is 5.73 Å². The summed E-state index contributed by atoms with van der Waals surface area (Å²) in [7, 11) is 0. The van der Waals surface area contributed by atoms with Crippen LogP contribution in [0.15, 0.2) is 28.9 Å². The van der Waals surface area contributed by atoms with Crippen LogP contribution in [0.4, 0.5) is 0 Å². The number of oxazole rings is 1. The van der Waals surface area contributed by atoms with Crippen LogP contribution >= 0.6 is 0 Å². The maximum atomic E-state index is 5.49. The fourth-order valence-corrected chi connectivity index (χ4v) is 1.24. The molecule has 2 N–H and O–H groups in total. The van der Waals surface area contributed by atoms with Gasteiger partial charge in [0.05, 0.1) is 11.9 Å². The fourth-order valence-electron chi connectivity index (χ4n) is 1.24. The van der Waals surface area contributed by atoms with Gasteiger partial charge in [0.25, 0.3) is 0 Å². The van der Waals surface area contributed by atoms with Gasteiger partial charge in [0.2, 0.25) is 0 Å². The molecule has 0 aromatic carbocycles. The van der Waals surface area contributed by atoms with Gasteiger partial charge in [-0.3, -0.25) is 4.98 Å². The van der Waals surface area contributed by atoms with Crippen LogP contribution in [0.25, 0.3) is 11.3 Å². The molecule has 2 aromatic rings. The number of nitrogens with two attached hydrogens (primary N) is 1. The van der Waals surface area contributed by atoms with E-state index >= 15 is 0 Å². The largest absolute Gasteiger partial charge is 0.441 e. The molecule has 0 radical (unpaired) electrons. The van der Waals surface area contributed by atoms with E-state index in [2.05, 4.69) is 9.97 Å². The molecule has 14 heavy (non-hydrogen) atoms. The van der Waals surface area contributed by atoms with Crippen molar-refractivity contribution in [3.8, 4) is 11.3 Å². The molecular weight excluding hydrogens is 178 g/mol. The third-order valence-electron chi connectivity index (χ3n) is 1.93. The topological polar surface area (TPSA) is 64.9 Å². The second-order valence-corrected chi connectivity index (χ2v) is 2.98. The summed E-state index contributed by atoms with van der Waals surface area (Å²) in [6, 6.07) is 3.78. The number of aromatic nitrogens is 2. The van der Waals surface area contributed by atoms with Crippen molar-refractivity contribution in [3.05, 3.63) is 36.1 Å². The van der Waals surface area contributed by atoms with Crippen LogP contribution in [0.5, 0.6) is 0 Å². The smallest absolute Gasteiger partial charge is 0.191 e. The SMILES string of the molecule is Cc1ncc(-c2ccnc(CN)c2)o1. The van der Waals surface area contributed by atoms with Gasteiger partial charge in [-0.1, -0.05) is 0 Å². The van der Waals surface area contributed by atoms with Crippen molar-refractivity contribution in [1.82, 2.24) is 9.97 Å². The van der Waals surface area contributed by atoms with Crippen LogP contribution in [-0.2, 0) is 6.54 Å². The molecule has 0 aliphatic rings. The average molecular weight is 189 g/mol. The summed E-state index contributed by atoms with van der Waals surface area (Å²) in [5.74, 6) is 1.41. The zero-order valence-corrected chi connectivity index (χ0v) is 7.90. The molecular formula is C10H11N3O. The Hall–Kier alpha value is -1.68. The van der Waals surface area contributed by atoms with Crippen molar-refractivity contribution in [3.63, 3.8) is 0 Å². The summed E-state index contributed by atoms with van der Waals surface area (Å²) in [5.41, 5.74) is 7.30. The molecule has 0 saturated heterocycles. The lowest BCUT2D eigenvalue weighted by atomic mass is 10.2. The normalized spacial score (nSPS) is 10.4. The zero-order chi connectivity index (χ0) is 9.97. The standard InChI is InChI=1S/C10H11N3O/c1-7-13-6-10(14-7)8-2-3-12-9(4-8)5-11/h2-4,6H,5,11H2,1H3. The van der Waals surface area contributed by atoms with Gasteiger partial charge in [-0.25, -0.2) is 4.98 Å². The first kappa shape index (κ1) is 8.90. The highest BCUT2D eigenvalue weighted by molar-refractivity contribution is 5.56. The first-order chi connectivity index (χ1) is 6.79. The van der Waals surface area contributed by atoms with Gasteiger partial charge in [0, 0.05) is 25.2 Å².